The number of benzene rings is 1. The van der Waals surface area contributed by atoms with Crippen LogP contribution in [0.15, 0.2) is 53.5 Å². The number of hydrogen-bond donors (Lipinski definition) is 1. The summed E-state index contributed by atoms with van der Waals surface area (Å²) in [5.74, 6) is 0.430. The second-order valence-electron chi connectivity index (χ2n) is 7.11. The molecule has 0 aliphatic carbocycles. The van der Waals surface area contributed by atoms with Crippen molar-refractivity contribution in [2.24, 2.45) is 7.05 Å². The van der Waals surface area contributed by atoms with Gasteiger partial charge in [-0.2, -0.15) is 5.10 Å². The molecule has 10 nitrogen and oxygen atoms in total. The molecule has 3 aromatic heterocycles. The molecular formula is C22H23N7O3. The van der Waals surface area contributed by atoms with Crippen molar-refractivity contribution < 1.29 is 9.53 Å². The molecule has 1 N–H and O–H groups in total. The van der Waals surface area contributed by atoms with Gasteiger partial charge < -0.3 is 10.1 Å². The Morgan fingerprint density at radius 3 is 2.47 bits per heavy atom. The zero-order chi connectivity index (χ0) is 22.8. The van der Waals surface area contributed by atoms with E-state index in [4.69, 9.17) is 4.74 Å². The van der Waals surface area contributed by atoms with Crippen LogP contribution < -0.4 is 15.6 Å². The van der Waals surface area contributed by atoms with E-state index in [9.17, 15) is 9.59 Å². The van der Waals surface area contributed by atoms with Crippen LogP contribution in [-0.2, 0) is 7.05 Å². The second kappa shape index (κ2) is 8.50. The van der Waals surface area contributed by atoms with E-state index in [1.807, 2.05) is 37.3 Å². The van der Waals surface area contributed by atoms with E-state index in [0.29, 0.717) is 40.9 Å². The third-order valence-corrected chi connectivity index (χ3v) is 5.18. The molecule has 10 heteroatoms. The molecule has 1 amide bonds. The fourth-order valence-electron chi connectivity index (χ4n) is 3.41. The summed E-state index contributed by atoms with van der Waals surface area (Å²) in [6.45, 7) is 5.88. The summed E-state index contributed by atoms with van der Waals surface area (Å²) in [6.07, 6.45) is 1.44. The van der Waals surface area contributed by atoms with E-state index in [0.717, 1.165) is 0 Å². The van der Waals surface area contributed by atoms with E-state index >= 15 is 0 Å². The van der Waals surface area contributed by atoms with Crippen LogP contribution in [0.5, 0.6) is 5.88 Å². The minimum absolute atomic E-state index is 0.217. The summed E-state index contributed by atoms with van der Waals surface area (Å²) in [5, 5.41) is 15.1. The Balaban J connectivity index is 1.63. The predicted molar refractivity (Wildman–Crippen MR) is 119 cm³/mol. The smallest absolute Gasteiger partial charge is 0.295 e. The molecule has 0 bridgehead atoms. The van der Waals surface area contributed by atoms with Gasteiger partial charge in [0.2, 0.25) is 5.88 Å². The van der Waals surface area contributed by atoms with Crippen molar-refractivity contribution in [2.75, 3.05) is 11.9 Å². The molecule has 0 radical (unpaired) electrons. The summed E-state index contributed by atoms with van der Waals surface area (Å²) in [6, 6.07) is 12.6. The molecule has 32 heavy (non-hydrogen) atoms. The standard InChI is InChI=1S/C22H23N7O3/c1-5-32-19-12-11-18(25-26-19)28-14(2)17(13-23-28)21(30)24-20-15(3)27(4)29(22(20)31)16-9-7-6-8-10-16/h6-13H,5H2,1-4H3,(H,24,30). The predicted octanol–water partition coefficient (Wildman–Crippen LogP) is 2.42. The molecule has 0 aliphatic heterocycles. The Hall–Kier alpha value is -4.21. The Morgan fingerprint density at radius 2 is 1.81 bits per heavy atom. The average Bonchev–Trinajstić information content (AvgIpc) is 3.28. The summed E-state index contributed by atoms with van der Waals surface area (Å²) >= 11 is 0. The van der Waals surface area contributed by atoms with Crippen molar-refractivity contribution in [1.29, 1.82) is 0 Å². The Morgan fingerprint density at radius 1 is 1.06 bits per heavy atom. The van der Waals surface area contributed by atoms with E-state index in [1.165, 1.54) is 15.6 Å². The highest BCUT2D eigenvalue weighted by Gasteiger charge is 2.21. The first-order valence-corrected chi connectivity index (χ1v) is 10.1. The molecule has 0 fully saturated rings. The molecular weight excluding hydrogens is 410 g/mol. The first-order valence-electron chi connectivity index (χ1n) is 10.1. The van der Waals surface area contributed by atoms with Gasteiger partial charge >= 0.3 is 0 Å². The Kier molecular flexibility index (Phi) is 5.59. The van der Waals surface area contributed by atoms with E-state index in [1.54, 1.807) is 37.7 Å². The zero-order valence-electron chi connectivity index (χ0n) is 18.2. The molecule has 4 aromatic rings. The number of carbonyl (C=O) groups excluding carboxylic acids is 1. The largest absolute Gasteiger partial charge is 0.477 e. The molecule has 3 heterocycles. The highest BCUT2D eigenvalue weighted by Crippen LogP contribution is 2.18. The zero-order valence-corrected chi connectivity index (χ0v) is 18.2. The summed E-state index contributed by atoms with van der Waals surface area (Å²) in [7, 11) is 1.77. The number of amides is 1. The van der Waals surface area contributed by atoms with Crippen LogP contribution in [0.25, 0.3) is 11.5 Å². The molecule has 4 rings (SSSR count). The van der Waals surface area contributed by atoms with Gasteiger partial charge in [-0.1, -0.05) is 18.2 Å². The number of para-hydroxylation sites is 1. The molecule has 0 atom stereocenters. The molecule has 0 saturated heterocycles. The lowest BCUT2D eigenvalue weighted by Crippen LogP contribution is -2.23. The fraction of sp³-hybridized carbons (Fsp3) is 0.227. The van der Waals surface area contributed by atoms with Crippen molar-refractivity contribution in [2.45, 2.75) is 20.8 Å². The Bertz CT molecular complexity index is 1320. The first kappa shape index (κ1) is 21.0. The van der Waals surface area contributed by atoms with Crippen LogP contribution in [0, 0.1) is 13.8 Å². The van der Waals surface area contributed by atoms with Gasteiger partial charge in [0, 0.05) is 13.1 Å². The number of rotatable bonds is 6. The maximum Gasteiger partial charge on any atom is 0.295 e. The van der Waals surface area contributed by atoms with Crippen LogP contribution in [0.3, 0.4) is 0 Å². The number of nitrogens with one attached hydrogen (secondary N) is 1. The van der Waals surface area contributed by atoms with E-state index in [2.05, 4.69) is 20.6 Å². The number of hydrogen-bond acceptors (Lipinski definition) is 6. The van der Waals surface area contributed by atoms with Crippen LogP contribution >= 0.6 is 0 Å². The highest BCUT2D eigenvalue weighted by molar-refractivity contribution is 6.05. The van der Waals surface area contributed by atoms with Crippen LogP contribution in [0.1, 0.15) is 28.7 Å². The number of anilines is 1. The van der Waals surface area contributed by atoms with Gasteiger partial charge in [0.1, 0.15) is 5.69 Å². The average molecular weight is 433 g/mol. The number of aromatic nitrogens is 6. The van der Waals surface area contributed by atoms with Crippen LogP contribution in [0.4, 0.5) is 5.69 Å². The lowest BCUT2D eigenvalue weighted by Gasteiger charge is -2.07. The molecule has 0 spiro atoms. The number of ether oxygens (including phenoxy) is 1. The van der Waals surface area contributed by atoms with Gasteiger partial charge in [0.25, 0.3) is 11.5 Å². The van der Waals surface area contributed by atoms with Crippen LogP contribution in [0.2, 0.25) is 0 Å². The summed E-state index contributed by atoms with van der Waals surface area (Å²) < 4.78 is 10.0. The van der Waals surface area contributed by atoms with Gasteiger partial charge in [-0.25, -0.2) is 9.36 Å². The maximum atomic E-state index is 13.1. The summed E-state index contributed by atoms with van der Waals surface area (Å²) in [4.78, 5) is 26.1. The summed E-state index contributed by atoms with van der Waals surface area (Å²) in [5.41, 5.74) is 2.14. The molecule has 0 saturated carbocycles. The van der Waals surface area contributed by atoms with Crippen molar-refractivity contribution in [3.05, 3.63) is 76.0 Å². The van der Waals surface area contributed by atoms with Crippen molar-refractivity contribution >= 4 is 11.6 Å². The molecule has 164 valence electrons. The van der Waals surface area contributed by atoms with Gasteiger partial charge in [0.15, 0.2) is 5.82 Å². The third-order valence-electron chi connectivity index (χ3n) is 5.18. The maximum absolute atomic E-state index is 13.1. The minimum Gasteiger partial charge on any atom is -0.477 e. The SMILES string of the molecule is CCOc1ccc(-n2ncc(C(=O)Nc3c(C)n(C)n(-c4ccccc4)c3=O)c2C)nn1. The molecule has 1 aromatic carbocycles. The molecule has 0 unspecified atom stereocenters. The lowest BCUT2D eigenvalue weighted by molar-refractivity contribution is 0.102. The monoisotopic (exact) mass is 433 g/mol. The van der Waals surface area contributed by atoms with Crippen molar-refractivity contribution in [1.82, 2.24) is 29.3 Å². The second-order valence-corrected chi connectivity index (χ2v) is 7.11. The van der Waals surface area contributed by atoms with Gasteiger partial charge in [0.05, 0.1) is 35.4 Å². The highest BCUT2D eigenvalue weighted by atomic mass is 16.5. The normalized spacial score (nSPS) is 10.9. The van der Waals surface area contributed by atoms with Crippen LogP contribution in [-0.4, -0.2) is 41.9 Å². The fourth-order valence-corrected chi connectivity index (χ4v) is 3.41. The molecule has 0 aliphatic rings. The minimum atomic E-state index is -0.432. The topological polar surface area (TPSA) is 109 Å². The van der Waals surface area contributed by atoms with E-state index in [-0.39, 0.29) is 11.2 Å². The Labute approximate surface area is 184 Å². The third kappa shape index (κ3) is 3.66. The number of nitrogens with zero attached hydrogens (tertiary/aromatic N) is 6. The van der Waals surface area contributed by atoms with Crippen molar-refractivity contribution in [3.63, 3.8) is 0 Å². The van der Waals surface area contributed by atoms with E-state index < -0.39 is 5.91 Å². The van der Waals surface area contributed by atoms with Gasteiger partial charge in [-0.3, -0.25) is 14.3 Å². The lowest BCUT2D eigenvalue weighted by atomic mass is 10.2. The number of carbonyl (C=O) groups is 1. The van der Waals surface area contributed by atoms with Crippen molar-refractivity contribution in [3.8, 4) is 17.4 Å². The van der Waals surface area contributed by atoms with Gasteiger partial charge in [-0.15, -0.1) is 10.2 Å². The van der Waals surface area contributed by atoms with Gasteiger partial charge in [-0.05, 0) is 39.0 Å². The quantitative estimate of drug-likeness (QED) is 0.500. The first-order chi connectivity index (χ1) is 15.4.